The van der Waals surface area contributed by atoms with E-state index in [1.807, 2.05) is 42.5 Å². The van der Waals surface area contributed by atoms with E-state index < -0.39 is 0 Å². The molecule has 0 bridgehead atoms. The van der Waals surface area contributed by atoms with Gasteiger partial charge in [-0.1, -0.05) is 52.7 Å². The third-order valence-corrected chi connectivity index (χ3v) is 3.88. The first-order chi connectivity index (χ1) is 9.60. The largest absolute Gasteiger partial charge is 0.484 e. The van der Waals surface area contributed by atoms with E-state index in [1.165, 1.54) is 0 Å². The highest BCUT2D eigenvalue weighted by Crippen LogP contribution is 2.28. The van der Waals surface area contributed by atoms with Gasteiger partial charge in [-0.3, -0.25) is 0 Å². The van der Waals surface area contributed by atoms with Gasteiger partial charge in [-0.25, -0.2) is 0 Å². The lowest BCUT2D eigenvalue weighted by Gasteiger charge is -2.25. The van der Waals surface area contributed by atoms with Crippen molar-refractivity contribution < 1.29 is 4.74 Å². The SMILES string of the molecule is CCC(N)C(Oc1cccc(Cl)c1)c1ccc(Br)cc1. The number of ether oxygens (including phenoxy) is 1. The first-order valence-electron chi connectivity index (χ1n) is 6.53. The fourth-order valence-electron chi connectivity index (χ4n) is 1.96. The number of benzene rings is 2. The number of halogens is 2. The quantitative estimate of drug-likeness (QED) is 0.823. The van der Waals surface area contributed by atoms with Crippen molar-refractivity contribution in [2.45, 2.75) is 25.5 Å². The van der Waals surface area contributed by atoms with Gasteiger partial charge < -0.3 is 10.5 Å². The Morgan fingerprint density at radius 3 is 2.50 bits per heavy atom. The smallest absolute Gasteiger partial charge is 0.139 e. The van der Waals surface area contributed by atoms with Gasteiger partial charge in [0.15, 0.2) is 0 Å². The highest BCUT2D eigenvalue weighted by Gasteiger charge is 2.20. The van der Waals surface area contributed by atoms with E-state index >= 15 is 0 Å². The molecule has 0 amide bonds. The summed E-state index contributed by atoms with van der Waals surface area (Å²) in [6.07, 6.45) is 0.646. The van der Waals surface area contributed by atoms with Crippen molar-refractivity contribution in [3.05, 3.63) is 63.6 Å². The summed E-state index contributed by atoms with van der Waals surface area (Å²) in [6, 6.07) is 15.3. The monoisotopic (exact) mass is 353 g/mol. The molecule has 0 spiro atoms. The van der Waals surface area contributed by atoms with E-state index in [1.54, 1.807) is 6.07 Å². The molecule has 20 heavy (non-hydrogen) atoms. The number of rotatable bonds is 5. The second-order valence-electron chi connectivity index (χ2n) is 4.62. The lowest BCUT2D eigenvalue weighted by atomic mass is 10.0. The van der Waals surface area contributed by atoms with Crippen LogP contribution in [0.5, 0.6) is 5.75 Å². The predicted molar refractivity (Wildman–Crippen MR) is 87.2 cm³/mol. The highest BCUT2D eigenvalue weighted by atomic mass is 79.9. The highest BCUT2D eigenvalue weighted by molar-refractivity contribution is 9.10. The minimum absolute atomic E-state index is 0.0739. The molecular weight excluding hydrogens is 338 g/mol. The van der Waals surface area contributed by atoms with Crippen LogP contribution in [0.3, 0.4) is 0 Å². The molecule has 2 unspecified atom stereocenters. The standard InChI is InChI=1S/C16H17BrClNO/c1-2-15(19)16(11-6-8-12(17)9-7-11)20-14-5-3-4-13(18)10-14/h3-10,15-16H,2,19H2,1H3. The molecule has 2 rings (SSSR count). The maximum atomic E-state index is 6.20. The molecule has 2 atom stereocenters. The lowest BCUT2D eigenvalue weighted by molar-refractivity contribution is 0.171. The number of hydrogen-bond donors (Lipinski definition) is 1. The molecule has 0 saturated heterocycles. The van der Waals surface area contributed by atoms with Crippen LogP contribution >= 0.6 is 27.5 Å². The van der Waals surface area contributed by atoms with Crippen LogP contribution in [0.25, 0.3) is 0 Å². The first kappa shape index (κ1) is 15.4. The van der Waals surface area contributed by atoms with Crippen molar-refractivity contribution >= 4 is 27.5 Å². The molecule has 0 aliphatic carbocycles. The molecule has 0 saturated carbocycles. The molecule has 2 nitrogen and oxygen atoms in total. The second kappa shape index (κ2) is 7.11. The van der Waals surface area contributed by atoms with Crippen molar-refractivity contribution in [2.24, 2.45) is 5.73 Å². The average Bonchev–Trinajstić information content (AvgIpc) is 2.45. The molecule has 2 aromatic rings. The van der Waals surface area contributed by atoms with Gasteiger partial charge in [0.25, 0.3) is 0 Å². The van der Waals surface area contributed by atoms with E-state index in [0.717, 1.165) is 22.2 Å². The Morgan fingerprint density at radius 1 is 1.20 bits per heavy atom. The van der Waals surface area contributed by atoms with Gasteiger partial charge in [-0.05, 0) is 42.3 Å². The Morgan fingerprint density at radius 2 is 1.90 bits per heavy atom. The van der Waals surface area contributed by atoms with Gasteiger partial charge in [0.1, 0.15) is 11.9 Å². The fourth-order valence-corrected chi connectivity index (χ4v) is 2.40. The van der Waals surface area contributed by atoms with Gasteiger partial charge in [0.05, 0.1) is 0 Å². The van der Waals surface area contributed by atoms with Crippen LogP contribution in [0.2, 0.25) is 5.02 Å². The van der Waals surface area contributed by atoms with Gasteiger partial charge >= 0.3 is 0 Å². The van der Waals surface area contributed by atoms with Crippen LogP contribution in [0.15, 0.2) is 53.0 Å². The zero-order chi connectivity index (χ0) is 14.5. The summed E-state index contributed by atoms with van der Waals surface area (Å²) in [5.41, 5.74) is 7.26. The first-order valence-corrected chi connectivity index (χ1v) is 7.70. The lowest BCUT2D eigenvalue weighted by Crippen LogP contribution is -2.31. The summed E-state index contributed by atoms with van der Waals surface area (Å²) in [7, 11) is 0. The van der Waals surface area contributed by atoms with E-state index in [2.05, 4.69) is 22.9 Å². The van der Waals surface area contributed by atoms with Crippen molar-refractivity contribution in [3.63, 3.8) is 0 Å². The van der Waals surface area contributed by atoms with Crippen molar-refractivity contribution in [1.82, 2.24) is 0 Å². The molecule has 106 valence electrons. The minimum Gasteiger partial charge on any atom is -0.484 e. The molecule has 0 aromatic heterocycles. The van der Waals surface area contributed by atoms with Crippen LogP contribution in [-0.4, -0.2) is 6.04 Å². The van der Waals surface area contributed by atoms with E-state index in [0.29, 0.717) is 5.02 Å². The molecule has 0 fully saturated rings. The summed E-state index contributed by atoms with van der Waals surface area (Å²) in [5.74, 6) is 0.731. The van der Waals surface area contributed by atoms with Gasteiger partial charge in [-0.15, -0.1) is 0 Å². The molecule has 0 heterocycles. The average molecular weight is 355 g/mol. The van der Waals surface area contributed by atoms with E-state index in [-0.39, 0.29) is 12.1 Å². The normalized spacial score (nSPS) is 13.8. The zero-order valence-corrected chi connectivity index (χ0v) is 13.6. The van der Waals surface area contributed by atoms with Gasteiger partial charge in [-0.2, -0.15) is 0 Å². The van der Waals surface area contributed by atoms with Crippen LogP contribution in [0.4, 0.5) is 0 Å². The summed E-state index contributed by atoms with van der Waals surface area (Å²) in [5, 5.41) is 0.655. The van der Waals surface area contributed by atoms with E-state index in [4.69, 9.17) is 22.1 Å². The third kappa shape index (κ3) is 3.98. The van der Waals surface area contributed by atoms with Crippen molar-refractivity contribution in [3.8, 4) is 5.75 Å². The number of nitrogens with two attached hydrogens (primary N) is 1. The Kier molecular flexibility index (Phi) is 5.46. The predicted octanol–water partition coefficient (Wildman–Crippen LogP) is 4.96. The van der Waals surface area contributed by atoms with Crippen LogP contribution in [0, 0.1) is 0 Å². The van der Waals surface area contributed by atoms with E-state index in [9.17, 15) is 0 Å². The Hall–Kier alpha value is -1.03. The zero-order valence-electron chi connectivity index (χ0n) is 11.2. The molecule has 4 heteroatoms. The molecule has 0 aliphatic heterocycles. The summed E-state index contributed by atoms with van der Waals surface area (Å²) in [4.78, 5) is 0. The van der Waals surface area contributed by atoms with Crippen LogP contribution < -0.4 is 10.5 Å². The third-order valence-electron chi connectivity index (χ3n) is 3.12. The molecule has 2 aromatic carbocycles. The van der Waals surface area contributed by atoms with Gasteiger partial charge in [0.2, 0.25) is 0 Å². The van der Waals surface area contributed by atoms with Crippen molar-refractivity contribution in [2.75, 3.05) is 0 Å². The second-order valence-corrected chi connectivity index (χ2v) is 5.97. The van der Waals surface area contributed by atoms with Crippen LogP contribution in [0.1, 0.15) is 25.0 Å². The van der Waals surface area contributed by atoms with Crippen LogP contribution in [-0.2, 0) is 0 Å². The summed E-state index contributed by atoms with van der Waals surface area (Å²) < 4.78 is 7.08. The number of hydrogen-bond acceptors (Lipinski definition) is 2. The molecule has 2 N–H and O–H groups in total. The summed E-state index contributed by atoms with van der Waals surface area (Å²) >= 11 is 9.43. The molecule has 0 radical (unpaired) electrons. The fraction of sp³-hybridized carbons (Fsp3) is 0.250. The summed E-state index contributed by atoms with van der Waals surface area (Å²) in [6.45, 7) is 2.05. The maximum absolute atomic E-state index is 6.20. The Bertz CT molecular complexity index is 559. The molecule has 0 aliphatic rings. The maximum Gasteiger partial charge on any atom is 0.139 e. The van der Waals surface area contributed by atoms with Crippen molar-refractivity contribution in [1.29, 1.82) is 0 Å². The Balaban J connectivity index is 2.26. The Labute approximate surface area is 133 Å². The topological polar surface area (TPSA) is 35.2 Å². The van der Waals surface area contributed by atoms with Gasteiger partial charge in [0, 0.05) is 15.5 Å². The molecular formula is C16H17BrClNO. The minimum atomic E-state index is -0.188.